The number of hydrogen-bond acceptors (Lipinski definition) is 5. The fraction of sp³-hybridized carbons (Fsp3) is 0.333. The van der Waals surface area contributed by atoms with E-state index in [2.05, 4.69) is 5.32 Å². The highest BCUT2D eigenvalue weighted by molar-refractivity contribution is 7.89. The zero-order chi connectivity index (χ0) is 22.6. The number of piperazine rings is 1. The van der Waals surface area contributed by atoms with Gasteiger partial charge < -0.3 is 15.1 Å². The number of nitrogens with one attached hydrogen (secondary N) is 1. The zero-order valence-corrected chi connectivity index (χ0v) is 18.2. The first-order valence-electron chi connectivity index (χ1n) is 9.80. The largest absolute Gasteiger partial charge is 0.334 e. The van der Waals surface area contributed by atoms with Gasteiger partial charge in [0, 0.05) is 26.2 Å². The van der Waals surface area contributed by atoms with Crippen molar-refractivity contribution in [1.29, 1.82) is 0 Å². The monoisotopic (exact) mass is 448 g/mol. The summed E-state index contributed by atoms with van der Waals surface area (Å²) in [5, 5.41) is 2.34. The van der Waals surface area contributed by atoms with Crippen molar-refractivity contribution in [3.05, 3.63) is 59.9 Å². The number of urea groups is 1. The summed E-state index contributed by atoms with van der Waals surface area (Å²) in [6.45, 7) is 2.90. The Morgan fingerprint density at radius 1 is 1.03 bits per heavy atom. The number of para-hydroxylation sites is 1. The molecule has 1 fully saturated rings. The maximum absolute atomic E-state index is 13.9. The predicted octanol–water partition coefficient (Wildman–Crippen LogP) is 2.13. The number of anilines is 1. The average Bonchev–Trinajstić information content (AvgIpc) is 2.74. The third-order valence-corrected chi connectivity index (χ3v) is 6.76. The highest BCUT2D eigenvalue weighted by Crippen LogP contribution is 2.20. The summed E-state index contributed by atoms with van der Waals surface area (Å²) in [4.78, 5) is 29.1. The van der Waals surface area contributed by atoms with E-state index in [4.69, 9.17) is 0 Å². The van der Waals surface area contributed by atoms with Crippen molar-refractivity contribution in [3.63, 3.8) is 0 Å². The van der Waals surface area contributed by atoms with Gasteiger partial charge in [0.1, 0.15) is 12.4 Å². The molecule has 10 heteroatoms. The number of carbonyl (C=O) groups excluding carboxylic acids is 2. The predicted molar refractivity (Wildman–Crippen MR) is 115 cm³/mol. The Kier molecular flexibility index (Phi) is 6.91. The lowest BCUT2D eigenvalue weighted by Crippen LogP contribution is -2.54. The Bertz CT molecular complexity index is 1050. The lowest BCUT2D eigenvalue weighted by Gasteiger charge is -2.35. The number of likely N-dealkylation sites (N-methyl/N-ethyl adjacent to an activating group) is 1. The van der Waals surface area contributed by atoms with Gasteiger partial charge in [-0.3, -0.25) is 4.79 Å². The number of halogens is 1. The summed E-state index contributed by atoms with van der Waals surface area (Å²) in [7, 11) is -2.40. The molecule has 31 heavy (non-hydrogen) atoms. The van der Waals surface area contributed by atoms with Crippen molar-refractivity contribution in [2.75, 3.05) is 45.1 Å². The van der Waals surface area contributed by atoms with E-state index in [9.17, 15) is 22.4 Å². The lowest BCUT2D eigenvalue weighted by atomic mass is 10.2. The molecular formula is C21H25FN4O4S. The van der Waals surface area contributed by atoms with Gasteiger partial charge in [0.2, 0.25) is 5.91 Å². The van der Waals surface area contributed by atoms with Crippen LogP contribution < -0.4 is 5.32 Å². The second-order valence-corrected chi connectivity index (χ2v) is 9.29. The molecule has 1 N–H and O–H groups in total. The van der Waals surface area contributed by atoms with Gasteiger partial charge in [-0.1, -0.05) is 29.8 Å². The minimum atomic E-state index is -4.30. The second-order valence-electron chi connectivity index (χ2n) is 7.43. The molecule has 1 aliphatic heterocycles. The molecule has 1 aliphatic rings. The van der Waals surface area contributed by atoms with Crippen molar-refractivity contribution in [2.45, 2.75) is 11.8 Å². The summed E-state index contributed by atoms with van der Waals surface area (Å²) < 4.78 is 41.0. The van der Waals surface area contributed by atoms with Crippen molar-refractivity contribution in [1.82, 2.24) is 14.1 Å². The number of aryl methyl sites for hydroxylation is 1. The van der Waals surface area contributed by atoms with Gasteiger partial charge in [0.05, 0.1) is 10.6 Å². The van der Waals surface area contributed by atoms with E-state index >= 15 is 0 Å². The standard InChI is InChI=1S/C21H25FN4O4S/c1-16-7-9-17(10-8-16)31(29,30)26(21(28)25-13-11-24(2)12-14-25)15-20(27)23-19-6-4-3-5-18(19)22/h3-10H,11-15H2,1-2H3,(H,23,27). The van der Waals surface area contributed by atoms with Gasteiger partial charge in [0.25, 0.3) is 10.0 Å². The molecular weight excluding hydrogens is 423 g/mol. The molecule has 8 nitrogen and oxygen atoms in total. The van der Waals surface area contributed by atoms with Gasteiger partial charge in [-0.2, -0.15) is 0 Å². The minimum absolute atomic E-state index is 0.0905. The van der Waals surface area contributed by atoms with Crippen LogP contribution in [-0.4, -0.2) is 74.2 Å². The number of carbonyl (C=O) groups is 2. The first kappa shape index (κ1) is 22.7. The number of nitrogens with zero attached hydrogens (tertiary/aromatic N) is 3. The first-order valence-corrected chi connectivity index (χ1v) is 11.2. The molecule has 2 aromatic rings. The van der Waals surface area contributed by atoms with Crippen LogP contribution in [0.15, 0.2) is 53.4 Å². The number of rotatable bonds is 5. The molecule has 3 amide bonds. The van der Waals surface area contributed by atoms with Crippen LogP contribution in [-0.2, 0) is 14.8 Å². The fourth-order valence-electron chi connectivity index (χ4n) is 3.13. The highest BCUT2D eigenvalue weighted by atomic mass is 32.2. The number of amides is 3. The molecule has 0 unspecified atom stereocenters. The summed E-state index contributed by atoms with van der Waals surface area (Å²) in [6.07, 6.45) is 0. The molecule has 0 radical (unpaired) electrons. The minimum Gasteiger partial charge on any atom is -0.322 e. The van der Waals surface area contributed by atoms with Gasteiger partial charge in [-0.05, 0) is 38.2 Å². The molecule has 1 heterocycles. The quantitative estimate of drug-likeness (QED) is 0.757. The number of hydrogen-bond donors (Lipinski definition) is 1. The van der Waals surface area contributed by atoms with Crippen LogP contribution in [0.3, 0.4) is 0 Å². The van der Waals surface area contributed by atoms with Crippen LogP contribution >= 0.6 is 0 Å². The molecule has 0 aromatic heterocycles. The van der Waals surface area contributed by atoms with Gasteiger partial charge >= 0.3 is 6.03 Å². The molecule has 0 saturated carbocycles. The Hall–Kier alpha value is -2.98. The van der Waals surface area contributed by atoms with Crippen LogP contribution in [0.25, 0.3) is 0 Å². The number of benzene rings is 2. The molecule has 0 bridgehead atoms. The van der Waals surface area contributed by atoms with Gasteiger partial charge in [0.15, 0.2) is 0 Å². The number of sulfonamides is 1. The third kappa shape index (κ3) is 5.39. The summed E-state index contributed by atoms with van der Waals surface area (Å²) in [6, 6.07) is 10.8. The van der Waals surface area contributed by atoms with Crippen molar-refractivity contribution < 1.29 is 22.4 Å². The van der Waals surface area contributed by atoms with Crippen molar-refractivity contribution in [3.8, 4) is 0 Å². The Labute approximate surface area is 181 Å². The molecule has 166 valence electrons. The molecule has 0 atom stereocenters. The zero-order valence-electron chi connectivity index (χ0n) is 17.4. The lowest BCUT2D eigenvalue weighted by molar-refractivity contribution is -0.116. The highest BCUT2D eigenvalue weighted by Gasteiger charge is 2.35. The molecule has 2 aromatic carbocycles. The SMILES string of the molecule is Cc1ccc(S(=O)(=O)N(CC(=O)Nc2ccccc2F)C(=O)N2CCN(C)CC2)cc1. The van der Waals surface area contributed by atoms with Crippen molar-refractivity contribution >= 4 is 27.6 Å². The van der Waals surface area contributed by atoms with E-state index < -0.39 is 34.3 Å². The van der Waals surface area contributed by atoms with Gasteiger partial charge in [-0.15, -0.1) is 0 Å². The van der Waals surface area contributed by atoms with Crippen molar-refractivity contribution in [2.24, 2.45) is 0 Å². The Balaban J connectivity index is 1.88. The first-order chi connectivity index (χ1) is 14.7. The molecule has 0 aliphatic carbocycles. The van der Waals surface area contributed by atoms with Crippen LogP contribution in [0.1, 0.15) is 5.56 Å². The summed E-state index contributed by atoms with van der Waals surface area (Å²) >= 11 is 0. The smallest absolute Gasteiger partial charge is 0.322 e. The third-order valence-electron chi connectivity index (χ3n) is 5.03. The van der Waals surface area contributed by atoms with Gasteiger partial charge in [-0.25, -0.2) is 21.9 Å². The summed E-state index contributed by atoms with van der Waals surface area (Å²) in [5.74, 6) is -1.47. The summed E-state index contributed by atoms with van der Waals surface area (Å²) in [5.41, 5.74) is 0.764. The van der Waals surface area contributed by atoms with E-state index in [-0.39, 0.29) is 10.6 Å². The fourth-order valence-corrected chi connectivity index (χ4v) is 4.47. The van der Waals surface area contributed by atoms with E-state index in [0.717, 1.165) is 5.56 Å². The van der Waals surface area contributed by atoms with E-state index in [1.165, 1.54) is 41.3 Å². The molecule has 0 spiro atoms. The van der Waals surface area contributed by atoms with Crippen LogP contribution in [0, 0.1) is 12.7 Å². The molecule has 3 rings (SSSR count). The van der Waals surface area contributed by atoms with Crippen LogP contribution in [0.2, 0.25) is 0 Å². The van der Waals surface area contributed by atoms with E-state index in [1.807, 2.05) is 18.9 Å². The van der Waals surface area contributed by atoms with E-state index in [0.29, 0.717) is 30.5 Å². The Morgan fingerprint density at radius 2 is 1.65 bits per heavy atom. The average molecular weight is 449 g/mol. The Morgan fingerprint density at radius 3 is 2.26 bits per heavy atom. The van der Waals surface area contributed by atoms with Crippen LogP contribution in [0.4, 0.5) is 14.9 Å². The maximum atomic E-state index is 13.9. The van der Waals surface area contributed by atoms with Crippen LogP contribution in [0.5, 0.6) is 0 Å². The van der Waals surface area contributed by atoms with E-state index in [1.54, 1.807) is 12.1 Å². The maximum Gasteiger partial charge on any atom is 0.334 e. The topological polar surface area (TPSA) is 90.0 Å². The second kappa shape index (κ2) is 9.44. The molecule has 1 saturated heterocycles. The normalized spacial score (nSPS) is 14.9.